The summed E-state index contributed by atoms with van der Waals surface area (Å²) in [5.74, 6) is 1.80. The topological polar surface area (TPSA) is 56.7 Å². The van der Waals surface area contributed by atoms with Crippen LogP contribution in [0.1, 0.15) is 31.7 Å². The first kappa shape index (κ1) is 12.6. The van der Waals surface area contributed by atoms with Crippen molar-refractivity contribution in [2.45, 2.75) is 40.2 Å². The predicted octanol–water partition coefficient (Wildman–Crippen LogP) is 2.81. The number of aromatic nitrogens is 3. The van der Waals surface area contributed by atoms with Gasteiger partial charge in [-0.15, -0.1) is 0 Å². The van der Waals surface area contributed by atoms with Crippen molar-refractivity contribution in [3.05, 3.63) is 29.8 Å². The first-order valence-electron chi connectivity index (χ1n) is 6.44. The van der Waals surface area contributed by atoms with E-state index in [1.54, 1.807) is 6.20 Å². The summed E-state index contributed by atoms with van der Waals surface area (Å²) in [6, 6.07) is 1.99. The Morgan fingerprint density at radius 1 is 1.33 bits per heavy atom. The van der Waals surface area contributed by atoms with Crippen molar-refractivity contribution in [3.63, 3.8) is 0 Å². The Morgan fingerprint density at radius 3 is 2.72 bits per heavy atom. The largest absolute Gasteiger partial charge is 0.383 e. The molecule has 0 spiro atoms. The summed E-state index contributed by atoms with van der Waals surface area (Å²) >= 11 is 0. The quantitative estimate of drug-likeness (QED) is 0.899. The zero-order chi connectivity index (χ0) is 13.1. The predicted molar refractivity (Wildman–Crippen MR) is 74.3 cm³/mol. The SMILES string of the molecule is CCCn1c(CC)nc(-c2cnccc2C)c1N. The molecule has 0 radical (unpaired) electrons. The summed E-state index contributed by atoms with van der Waals surface area (Å²) in [5, 5.41) is 0. The maximum atomic E-state index is 6.24. The molecule has 2 aromatic heterocycles. The lowest BCUT2D eigenvalue weighted by Gasteiger charge is -2.07. The molecular weight excluding hydrogens is 224 g/mol. The maximum absolute atomic E-state index is 6.24. The van der Waals surface area contributed by atoms with E-state index < -0.39 is 0 Å². The third kappa shape index (κ3) is 2.10. The van der Waals surface area contributed by atoms with Gasteiger partial charge in [0, 0.05) is 30.9 Å². The van der Waals surface area contributed by atoms with Crippen LogP contribution < -0.4 is 5.73 Å². The van der Waals surface area contributed by atoms with Gasteiger partial charge in [-0.25, -0.2) is 4.98 Å². The lowest BCUT2D eigenvalue weighted by Crippen LogP contribution is -2.06. The molecule has 0 fully saturated rings. The molecule has 4 heteroatoms. The number of anilines is 1. The summed E-state index contributed by atoms with van der Waals surface area (Å²) in [6.45, 7) is 7.23. The molecule has 0 aliphatic rings. The second kappa shape index (κ2) is 5.21. The molecule has 18 heavy (non-hydrogen) atoms. The Labute approximate surface area is 108 Å². The van der Waals surface area contributed by atoms with E-state index in [2.05, 4.69) is 35.3 Å². The first-order valence-corrected chi connectivity index (χ1v) is 6.44. The lowest BCUT2D eigenvalue weighted by molar-refractivity contribution is 0.650. The van der Waals surface area contributed by atoms with Crippen molar-refractivity contribution in [2.75, 3.05) is 5.73 Å². The van der Waals surface area contributed by atoms with Gasteiger partial charge in [-0.3, -0.25) is 4.98 Å². The molecule has 0 saturated carbocycles. The summed E-state index contributed by atoms with van der Waals surface area (Å²) in [7, 11) is 0. The number of nitrogen functional groups attached to an aromatic ring is 1. The van der Waals surface area contributed by atoms with E-state index in [1.165, 1.54) is 0 Å². The Balaban J connectivity index is 2.56. The number of imidazole rings is 1. The number of nitrogens with two attached hydrogens (primary N) is 1. The van der Waals surface area contributed by atoms with Crippen LogP contribution in [-0.4, -0.2) is 14.5 Å². The molecular formula is C14H20N4. The standard InChI is InChI=1S/C14H20N4/c1-4-8-18-12(5-2)17-13(14(18)15)11-9-16-7-6-10(11)3/h6-7,9H,4-5,8,15H2,1-3H3. The fourth-order valence-corrected chi connectivity index (χ4v) is 2.17. The van der Waals surface area contributed by atoms with Gasteiger partial charge in [0.25, 0.3) is 0 Å². The molecule has 0 unspecified atom stereocenters. The minimum atomic E-state index is 0.754. The van der Waals surface area contributed by atoms with Gasteiger partial charge in [0.1, 0.15) is 17.3 Å². The van der Waals surface area contributed by atoms with E-state index in [9.17, 15) is 0 Å². The first-order chi connectivity index (χ1) is 8.69. The monoisotopic (exact) mass is 244 g/mol. The van der Waals surface area contributed by atoms with Crippen LogP contribution in [-0.2, 0) is 13.0 Å². The lowest BCUT2D eigenvalue weighted by atomic mass is 10.1. The summed E-state index contributed by atoms with van der Waals surface area (Å²) in [5.41, 5.74) is 9.29. The van der Waals surface area contributed by atoms with E-state index in [1.807, 2.05) is 12.3 Å². The minimum absolute atomic E-state index is 0.754. The van der Waals surface area contributed by atoms with Crippen molar-refractivity contribution < 1.29 is 0 Å². The van der Waals surface area contributed by atoms with E-state index >= 15 is 0 Å². The highest BCUT2D eigenvalue weighted by molar-refractivity contribution is 5.72. The van der Waals surface area contributed by atoms with Crippen LogP contribution in [0, 0.1) is 6.92 Å². The van der Waals surface area contributed by atoms with Crippen molar-refractivity contribution in [3.8, 4) is 11.3 Å². The number of pyridine rings is 1. The van der Waals surface area contributed by atoms with E-state index in [0.29, 0.717) is 0 Å². The van der Waals surface area contributed by atoms with Crippen LogP contribution in [0.3, 0.4) is 0 Å². The molecule has 0 aliphatic heterocycles. The van der Waals surface area contributed by atoms with Gasteiger partial charge >= 0.3 is 0 Å². The Morgan fingerprint density at radius 2 is 2.11 bits per heavy atom. The van der Waals surface area contributed by atoms with Crippen LogP contribution >= 0.6 is 0 Å². The minimum Gasteiger partial charge on any atom is -0.383 e. The average molecular weight is 244 g/mol. The number of rotatable bonds is 4. The molecule has 2 rings (SSSR count). The number of hydrogen-bond acceptors (Lipinski definition) is 3. The Bertz CT molecular complexity index is 543. The molecule has 0 aromatic carbocycles. The van der Waals surface area contributed by atoms with Crippen molar-refractivity contribution >= 4 is 5.82 Å². The highest BCUT2D eigenvalue weighted by Crippen LogP contribution is 2.28. The summed E-state index contributed by atoms with van der Waals surface area (Å²) < 4.78 is 2.11. The maximum Gasteiger partial charge on any atom is 0.131 e. The summed E-state index contributed by atoms with van der Waals surface area (Å²) in [4.78, 5) is 8.84. The number of nitrogens with zero attached hydrogens (tertiary/aromatic N) is 3. The molecule has 0 atom stereocenters. The van der Waals surface area contributed by atoms with Crippen LogP contribution in [0.2, 0.25) is 0 Å². The van der Waals surface area contributed by atoms with Gasteiger partial charge in [-0.05, 0) is 25.0 Å². The highest BCUT2D eigenvalue weighted by Gasteiger charge is 2.15. The number of aryl methyl sites for hydroxylation is 2. The van der Waals surface area contributed by atoms with Crippen molar-refractivity contribution in [1.29, 1.82) is 0 Å². The number of hydrogen-bond donors (Lipinski definition) is 1. The van der Waals surface area contributed by atoms with Gasteiger partial charge in [0.2, 0.25) is 0 Å². The van der Waals surface area contributed by atoms with Gasteiger partial charge in [0.05, 0.1) is 0 Å². The zero-order valence-electron chi connectivity index (χ0n) is 11.3. The molecule has 0 amide bonds. The second-order valence-corrected chi connectivity index (χ2v) is 4.46. The van der Waals surface area contributed by atoms with Gasteiger partial charge in [0.15, 0.2) is 0 Å². The molecule has 2 N–H and O–H groups in total. The Hall–Kier alpha value is -1.84. The van der Waals surface area contributed by atoms with Crippen LogP contribution in [0.4, 0.5) is 5.82 Å². The average Bonchev–Trinajstić information content (AvgIpc) is 2.68. The second-order valence-electron chi connectivity index (χ2n) is 4.46. The van der Waals surface area contributed by atoms with Gasteiger partial charge in [-0.2, -0.15) is 0 Å². The van der Waals surface area contributed by atoms with E-state index in [-0.39, 0.29) is 0 Å². The zero-order valence-corrected chi connectivity index (χ0v) is 11.3. The van der Waals surface area contributed by atoms with Gasteiger partial charge in [-0.1, -0.05) is 13.8 Å². The third-order valence-corrected chi connectivity index (χ3v) is 3.14. The molecule has 0 bridgehead atoms. The third-order valence-electron chi connectivity index (χ3n) is 3.14. The fourth-order valence-electron chi connectivity index (χ4n) is 2.17. The Kier molecular flexibility index (Phi) is 3.65. The molecule has 2 aromatic rings. The van der Waals surface area contributed by atoms with Gasteiger partial charge < -0.3 is 10.3 Å². The molecule has 4 nitrogen and oxygen atoms in total. The van der Waals surface area contributed by atoms with Crippen molar-refractivity contribution in [1.82, 2.24) is 14.5 Å². The molecule has 96 valence electrons. The van der Waals surface area contributed by atoms with Crippen molar-refractivity contribution in [2.24, 2.45) is 0 Å². The normalized spacial score (nSPS) is 10.8. The van der Waals surface area contributed by atoms with E-state index in [0.717, 1.165) is 47.8 Å². The highest BCUT2D eigenvalue weighted by atomic mass is 15.1. The smallest absolute Gasteiger partial charge is 0.131 e. The van der Waals surface area contributed by atoms with Crippen LogP contribution in [0.15, 0.2) is 18.5 Å². The fraction of sp³-hybridized carbons (Fsp3) is 0.429. The molecule has 0 aliphatic carbocycles. The molecule has 2 heterocycles. The van der Waals surface area contributed by atoms with Crippen LogP contribution in [0.25, 0.3) is 11.3 Å². The van der Waals surface area contributed by atoms with Crippen LogP contribution in [0.5, 0.6) is 0 Å². The molecule has 0 saturated heterocycles. The van der Waals surface area contributed by atoms with E-state index in [4.69, 9.17) is 5.73 Å². The summed E-state index contributed by atoms with van der Waals surface area (Å²) in [6.07, 6.45) is 5.57.